The number of β-amino-alcohol motifs (C(OH)–C–C–N with tert-alkyl or cyclic N) is 1. The minimum atomic E-state index is -0.473. The lowest BCUT2D eigenvalue weighted by molar-refractivity contribution is -0.0134. The molecule has 1 atom stereocenters. The molecule has 6 heteroatoms. The number of aliphatic hydroxyl groups is 1. The molecule has 0 saturated carbocycles. The molecule has 0 unspecified atom stereocenters. The van der Waals surface area contributed by atoms with Gasteiger partial charge < -0.3 is 14.6 Å². The fourth-order valence-corrected chi connectivity index (χ4v) is 2.78. The van der Waals surface area contributed by atoms with Gasteiger partial charge in [-0.05, 0) is 23.8 Å². The van der Waals surface area contributed by atoms with Gasteiger partial charge >= 0.3 is 0 Å². The molecule has 0 spiro atoms. The summed E-state index contributed by atoms with van der Waals surface area (Å²) >= 11 is 0. The summed E-state index contributed by atoms with van der Waals surface area (Å²) < 4.78 is 12.8. The molecule has 0 radical (unpaired) electrons. The Morgan fingerprint density at radius 3 is 2.96 bits per heavy atom. The lowest BCUT2D eigenvalue weighted by Crippen LogP contribution is -2.51. The van der Waals surface area contributed by atoms with Crippen LogP contribution in [0, 0.1) is 0 Å². The maximum absolute atomic E-state index is 10.1. The predicted octanol–water partition coefficient (Wildman–Crippen LogP) is 1.33. The van der Waals surface area contributed by atoms with E-state index in [1.54, 1.807) is 13.3 Å². The molecule has 1 fully saturated rings. The third kappa shape index (κ3) is 4.31. The highest BCUT2D eigenvalue weighted by Crippen LogP contribution is 2.20. The van der Waals surface area contributed by atoms with Crippen molar-refractivity contribution in [1.29, 1.82) is 0 Å². The second-order valence-electron chi connectivity index (χ2n) is 5.88. The van der Waals surface area contributed by atoms with Crippen molar-refractivity contribution >= 4 is 0 Å². The third-order valence-corrected chi connectivity index (χ3v) is 4.02. The second-order valence-corrected chi connectivity index (χ2v) is 5.88. The number of aliphatic hydroxyl groups excluding tert-OH is 1. The number of rotatable bonds is 8. The monoisotopic (exact) mass is 317 g/mol. The molecule has 1 aliphatic heterocycles. The Bertz CT molecular complexity index is 597. The van der Waals surface area contributed by atoms with E-state index in [1.165, 1.54) is 0 Å². The zero-order valence-electron chi connectivity index (χ0n) is 13.3. The van der Waals surface area contributed by atoms with E-state index in [1.807, 2.05) is 41.2 Å². The van der Waals surface area contributed by atoms with Gasteiger partial charge in [0.15, 0.2) is 0 Å². The number of likely N-dealkylation sites (tertiary alicyclic amines) is 1. The van der Waals surface area contributed by atoms with E-state index < -0.39 is 6.10 Å². The highest BCUT2D eigenvalue weighted by molar-refractivity contribution is 5.27. The molecule has 3 rings (SSSR count). The van der Waals surface area contributed by atoms with Crippen LogP contribution >= 0.6 is 0 Å². The van der Waals surface area contributed by atoms with Gasteiger partial charge in [-0.15, -0.1) is 0 Å². The van der Waals surface area contributed by atoms with Crippen molar-refractivity contribution in [1.82, 2.24) is 14.7 Å². The molecule has 1 saturated heterocycles. The summed E-state index contributed by atoms with van der Waals surface area (Å²) in [4.78, 5) is 2.21. The summed E-state index contributed by atoms with van der Waals surface area (Å²) in [6.45, 7) is 3.30. The first-order valence-corrected chi connectivity index (χ1v) is 7.85. The first-order valence-electron chi connectivity index (χ1n) is 7.85. The molecule has 0 amide bonds. The molecule has 124 valence electrons. The van der Waals surface area contributed by atoms with Crippen LogP contribution < -0.4 is 4.74 Å². The summed E-state index contributed by atoms with van der Waals surface area (Å²) in [5.74, 6) is 0.817. The van der Waals surface area contributed by atoms with Crippen LogP contribution in [0.5, 0.6) is 5.75 Å². The second kappa shape index (κ2) is 7.59. The average molecular weight is 317 g/mol. The van der Waals surface area contributed by atoms with Gasteiger partial charge in [-0.1, -0.05) is 12.1 Å². The summed E-state index contributed by atoms with van der Waals surface area (Å²) in [6, 6.07) is 10.1. The number of aromatic nitrogens is 2. The molecule has 6 nitrogen and oxygen atoms in total. The van der Waals surface area contributed by atoms with Gasteiger partial charge in [-0.3, -0.25) is 9.58 Å². The Labute approximate surface area is 136 Å². The van der Waals surface area contributed by atoms with Gasteiger partial charge in [-0.25, -0.2) is 0 Å². The third-order valence-electron chi connectivity index (χ3n) is 4.02. The quantitative estimate of drug-likeness (QED) is 0.796. The van der Waals surface area contributed by atoms with Gasteiger partial charge in [0.05, 0.1) is 32.5 Å². The summed E-state index contributed by atoms with van der Waals surface area (Å²) in [5.41, 5.74) is 1.04. The molecule has 2 aromatic rings. The average Bonchev–Trinajstić information content (AvgIpc) is 3.04. The number of hydrogen-bond acceptors (Lipinski definition) is 5. The normalized spacial score (nSPS) is 17.0. The maximum Gasteiger partial charge on any atom is 0.119 e. The number of hydrogen-bond donors (Lipinski definition) is 1. The molecule has 2 heterocycles. The van der Waals surface area contributed by atoms with Crippen molar-refractivity contribution in [2.75, 3.05) is 33.4 Å². The van der Waals surface area contributed by atoms with Crippen LogP contribution in [0.2, 0.25) is 0 Å². The topological polar surface area (TPSA) is 59.8 Å². The molecule has 1 aromatic carbocycles. The standard InChI is InChI=1S/C17H23N3O3/c1-22-17-5-2-4-14(8-17)12-23-13-16(21)11-19-9-15(10-19)20-7-3-6-18-20/h2-8,15-16,21H,9-13H2,1H3/t16-/m1/s1. The Balaban J connectivity index is 1.33. The molecule has 1 N–H and O–H groups in total. The van der Waals surface area contributed by atoms with Crippen molar-refractivity contribution in [2.24, 2.45) is 0 Å². The molecule has 0 aliphatic carbocycles. The SMILES string of the molecule is COc1cccc(COC[C@H](O)CN2CC(n3cccn3)C2)c1. The van der Waals surface area contributed by atoms with Crippen molar-refractivity contribution in [3.05, 3.63) is 48.3 Å². The van der Waals surface area contributed by atoms with Crippen molar-refractivity contribution < 1.29 is 14.6 Å². The van der Waals surface area contributed by atoms with Crippen LogP contribution in [0.15, 0.2) is 42.7 Å². The number of nitrogens with zero attached hydrogens (tertiary/aromatic N) is 3. The molecule has 23 heavy (non-hydrogen) atoms. The smallest absolute Gasteiger partial charge is 0.119 e. The van der Waals surface area contributed by atoms with Gasteiger partial charge in [-0.2, -0.15) is 5.10 Å². The molecular weight excluding hydrogens is 294 g/mol. The van der Waals surface area contributed by atoms with Crippen LogP contribution in [0.4, 0.5) is 0 Å². The van der Waals surface area contributed by atoms with E-state index in [9.17, 15) is 5.11 Å². The zero-order valence-corrected chi connectivity index (χ0v) is 13.3. The number of methoxy groups -OCH3 is 1. The zero-order chi connectivity index (χ0) is 16.1. The first kappa shape index (κ1) is 16.0. The van der Waals surface area contributed by atoms with Crippen molar-refractivity contribution in [3.8, 4) is 5.75 Å². The summed E-state index contributed by atoms with van der Waals surface area (Å²) in [5, 5.41) is 14.3. The van der Waals surface area contributed by atoms with Crippen LogP contribution in [0.3, 0.4) is 0 Å². The van der Waals surface area contributed by atoms with Gasteiger partial charge in [0, 0.05) is 32.0 Å². The van der Waals surface area contributed by atoms with E-state index >= 15 is 0 Å². The highest BCUT2D eigenvalue weighted by atomic mass is 16.5. The molecular formula is C17H23N3O3. The number of ether oxygens (including phenoxy) is 2. The maximum atomic E-state index is 10.1. The summed E-state index contributed by atoms with van der Waals surface area (Å²) in [7, 11) is 1.65. The Morgan fingerprint density at radius 2 is 2.22 bits per heavy atom. The van der Waals surface area contributed by atoms with E-state index in [0.29, 0.717) is 25.8 Å². The van der Waals surface area contributed by atoms with Crippen LogP contribution in [-0.2, 0) is 11.3 Å². The Hall–Kier alpha value is -1.89. The lowest BCUT2D eigenvalue weighted by atomic mass is 10.1. The van der Waals surface area contributed by atoms with E-state index in [0.717, 1.165) is 24.4 Å². The minimum Gasteiger partial charge on any atom is -0.497 e. The van der Waals surface area contributed by atoms with Gasteiger partial charge in [0.25, 0.3) is 0 Å². The minimum absolute atomic E-state index is 0.333. The van der Waals surface area contributed by atoms with Crippen molar-refractivity contribution in [3.63, 3.8) is 0 Å². The summed E-state index contributed by atoms with van der Waals surface area (Å²) in [6.07, 6.45) is 3.30. The predicted molar refractivity (Wildman–Crippen MR) is 86.4 cm³/mol. The molecule has 0 bridgehead atoms. The first-order chi connectivity index (χ1) is 11.2. The van der Waals surface area contributed by atoms with Crippen LogP contribution in [0.25, 0.3) is 0 Å². The highest BCUT2D eigenvalue weighted by Gasteiger charge is 2.29. The Morgan fingerprint density at radius 1 is 1.35 bits per heavy atom. The van der Waals surface area contributed by atoms with Gasteiger partial charge in [0.1, 0.15) is 5.75 Å². The molecule has 1 aromatic heterocycles. The number of benzene rings is 1. The van der Waals surface area contributed by atoms with Crippen LogP contribution in [0.1, 0.15) is 11.6 Å². The van der Waals surface area contributed by atoms with E-state index in [4.69, 9.17) is 9.47 Å². The largest absolute Gasteiger partial charge is 0.497 e. The van der Waals surface area contributed by atoms with E-state index in [2.05, 4.69) is 10.00 Å². The fraction of sp³-hybridized carbons (Fsp3) is 0.471. The van der Waals surface area contributed by atoms with Crippen LogP contribution in [-0.4, -0.2) is 59.2 Å². The van der Waals surface area contributed by atoms with E-state index in [-0.39, 0.29) is 0 Å². The fourth-order valence-electron chi connectivity index (χ4n) is 2.78. The lowest BCUT2D eigenvalue weighted by Gasteiger charge is -2.40. The Kier molecular flexibility index (Phi) is 5.27. The molecule has 1 aliphatic rings. The van der Waals surface area contributed by atoms with Crippen molar-refractivity contribution in [2.45, 2.75) is 18.8 Å². The van der Waals surface area contributed by atoms with Gasteiger partial charge in [0.2, 0.25) is 0 Å².